The van der Waals surface area contributed by atoms with Gasteiger partial charge < -0.3 is 5.21 Å². The van der Waals surface area contributed by atoms with Crippen molar-refractivity contribution in [2.75, 3.05) is 6.26 Å². The van der Waals surface area contributed by atoms with E-state index >= 15 is 0 Å². The second-order valence-corrected chi connectivity index (χ2v) is 7.16. The molecule has 2 rings (SSSR count). The zero-order valence-corrected chi connectivity index (χ0v) is 12.8. The smallest absolute Gasteiger partial charge is 0.215 e. The maximum atomic E-state index is 11.9. The summed E-state index contributed by atoms with van der Waals surface area (Å²) in [4.78, 5) is 0.000941. The van der Waals surface area contributed by atoms with E-state index in [1.54, 1.807) is 18.2 Å². The average Bonchev–Trinajstić information content (AvgIpc) is 2.33. The van der Waals surface area contributed by atoms with Gasteiger partial charge in [0.05, 0.1) is 6.42 Å². The summed E-state index contributed by atoms with van der Waals surface area (Å²) in [6.07, 6.45) is 2.44. The van der Waals surface area contributed by atoms with Gasteiger partial charge in [-0.25, -0.2) is 8.42 Å². The monoisotopic (exact) mass is 331 g/mol. The lowest BCUT2D eigenvalue weighted by Gasteiger charge is -2.09. The Balaban J connectivity index is 2.54. The van der Waals surface area contributed by atoms with Crippen LogP contribution < -0.4 is 4.73 Å². The molecule has 0 unspecified atom stereocenters. The molecule has 0 radical (unpaired) electrons. The Morgan fingerprint density at radius 3 is 2.55 bits per heavy atom. The molecular weight excluding hydrogens is 321 g/mol. The van der Waals surface area contributed by atoms with Crippen LogP contribution in [0.25, 0.3) is 0 Å². The number of pyridine rings is 1. The fraction of sp³-hybridized carbons (Fsp3) is 0.154. The van der Waals surface area contributed by atoms with E-state index in [4.69, 9.17) is 23.2 Å². The Morgan fingerprint density at radius 1 is 1.25 bits per heavy atom. The predicted octanol–water partition coefficient (Wildman–Crippen LogP) is 2.62. The Hall–Kier alpha value is -1.30. The molecule has 0 saturated heterocycles. The van der Waals surface area contributed by atoms with Gasteiger partial charge in [0.1, 0.15) is 4.90 Å². The Morgan fingerprint density at radius 2 is 1.95 bits per heavy atom. The molecule has 20 heavy (non-hydrogen) atoms. The summed E-state index contributed by atoms with van der Waals surface area (Å²) in [6, 6.07) is 7.67. The molecule has 0 atom stereocenters. The first kappa shape index (κ1) is 15.1. The highest BCUT2D eigenvalue weighted by atomic mass is 35.5. The van der Waals surface area contributed by atoms with Gasteiger partial charge in [0.2, 0.25) is 5.69 Å². The van der Waals surface area contributed by atoms with E-state index in [1.165, 1.54) is 18.3 Å². The standard InChI is InChI=1S/C13H11Cl2NO3S/c1-20(18,19)13-3-2-6-16(17)12(13)7-9-4-5-10(14)8-11(9)15/h2-6,8H,7H2,1H3. The van der Waals surface area contributed by atoms with Gasteiger partial charge in [0.15, 0.2) is 16.0 Å². The quantitative estimate of drug-likeness (QED) is 0.641. The third-order valence-electron chi connectivity index (χ3n) is 2.79. The van der Waals surface area contributed by atoms with Crippen molar-refractivity contribution in [1.82, 2.24) is 0 Å². The van der Waals surface area contributed by atoms with Crippen LogP contribution in [0.5, 0.6) is 0 Å². The lowest BCUT2D eigenvalue weighted by molar-refractivity contribution is -0.615. The van der Waals surface area contributed by atoms with E-state index in [2.05, 4.69) is 0 Å². The molecule has 0 bridgehead atoms. The number of nitrogens with zero attached hydrogens (tertiary/aromatic N) is 1. The van der Waals surface area contributed by atoms with E-state index < -0.39 is 9.84 Å². The SMILES string of the molecule is CS(=O)(=O)c1ccc[n+]([O-])c1Cc1ccc(Cl)cc1Cl. The first-order valence-electron chi connectivity index (χ1n) is 5.64. The summed E-state index contributed by atoms with van der Waals surface area (Å²) in [6.45, 7) is 0. The van der Waals surface area contributed by atoms with E-state index in [0.717, 1.165) is 6.26 Å². The van der Waals surface area contributed by atoms with Crippen molar-refractivity contribution >= 4 is 33.0 Å². The van der Waals surface area contributed by atoms with Crippen LogP contribution in [0.15, 0.2) is 41.4 Å². The molecule has 0 fully saturated rings. The summed E-state index contributed by atoms with van der Waals surface area (Å²) in [7, 11) is -3.49. The summed E-state index contributed by atoms with van der Waals surface area (Å²) < 4.78 is 24.0. The maximum Gasteiger partial charge on any atom is 0.215 e. The molecule has 0 saturated carbocycles. The molecular formula is C13H11Cl2NO3S. The lowest BCUT2D eigenvalue weighted by atomic mass is 10.1. The number of sulfone groups is 1. The molecule has 0 N–H and O–H groups in total. The lowest BCUT2D eigenvalue weighted by Crippen LogP contribution is -2.33. The molecule has 2 aromatic rings. The highest BCUT2D eigenvalue weighted by Gasteiger charge is 2.21. The Kier molecular flexibility index (Phi) is 4.22. The van der Waals surface area contributed by atoms with Crippen LogP contribution in [0, 0.1) is 5.21 Å². The molecule has 0 spiro atoms. The fourth-order valence-electron chi connectivity index (χ4n) is 1.85. The van der Waals surface area contributed by atoms with Crippen LogP contribution in [0.3, 0.4) is 0 Å². The van der Waals surface area contributed by atoms with Gasteiger partial charge in [-0.3, -0.25) is 0 Å². The van der Waals surface area contributed by atoms with Gasteiger partial charge >= 0.3 is 0 Å². The van der Waals surface area contributed by atoms with Gasteiger partial charge in [0, 0.05) is 22.4 Å². The van der Waals surface area contributed by atoms with Crippen LogP contribution in [-0.4, -0.2) is 14.7 Å². The topological polar surface area (TPSA) is 61.1 Å². The summed E-state index contributed by atoms with van der Waals surface area (Å²) in [5.41, 5.74) is 0.774. The molecule has 7 heteroatoms. The molecule has 0 aliphatic carbocycles. The molecule has 106 valence electrons. The van der Waals surface area contributed by atoms with Crippen LogP contribution in [0.4, 0.5) is 0 Å². The second-order valence-electron chi connectivity index (χ2n) is 4.33. The molecule has 1 heterocycles. The third-order valence-corrected chi connectivity index (χ3v) is 4.55. The molecule has 0 aliphatic heterocycles. The zero-order chi connectivity index (χ0) is 14.9. The summed E-state index contributed by atoms with van der Waals surface area (Å²) >= 11 is 11.9. The van der Waals surface area contributed by atoms with Crippen molar-refractivity contribution in [2.45, 2.75) is 11.3 Å². The first-order chi connectivity index (χ1) is 9.29. The molecule has 1 aromatic heterocycles. The number of aromatic nitrogens is 1. The van der Waals surface area contributed by atoms with Crippen molar-refractivity contribution in [2.24, 2.45) is 0 Å². The average molecular weight is 332 g/mol. The fourth-order valence-corrected chi connectivity index (χ4v) is 3.24. The van der Waals surface area contributed by atoms with E-state index in [-0.39, 0.29) is 17.0 Å². The molecule has 4 nitrogen and oxygen atoms in total. The van der Waals surface area contributed by atoms with Crippen LogP contribution in [-0.2, 0) is 16.3 Å². The van der Waals surface area contributed by atoms with Crippen molar-refractivity contribution in [3.05, 3.63) is 63.0 Å². The number of hydrogen-bond donors (Lipinski definition) is 0. The summed E-state index contributed by atoms with van der Waals surface area (Å²) in [5.74, 6) is 0. The molecule has 0 aliphatic rings. The molecule has 0 amide bonds. The van der Waals surface area contributed by atoms with Gasteiger partial charge in [0.25, 0.3) is 0 Å². The van der Waals surface area contributed by atoms with E-state index in [1.807, 2.05) is 0 Å². The minimum absolute atomic E-state index is 0.000941. The van der Waals surface area contributed by atoms with Gasteiger partial charge in [-0.1, -0.05) is 29.3 Å². The van der Waals surface area contributed by atoms with Crippen molar-refractivity contribution in [1.29, 1.82) is 0 Å². The number of rotatable bonds is 3. The van der Waals surface area contributed by atoms with E-state index in [0.29, 0.717) is 20.3 Å². The minimum atomic E-state index is -3.49. The normalized spacial score (nSPS) is 11.6. The summed E-state index contributed by atoms with van der Waals surface area (Å²) in [5, 5.41) is 12.7. The van der Waals surface area contributed by atoms with E-state index in [9.17, 15) is 13.6 Å². The number of benzene rings is 1. The van der Waals surface area contributed by atoms with Crippen molar-refractivity contribution in [3.63, 3.8) is 0 Å². The minimum Gasteiger partial charge on any atom is -0.618 e. The number of halogens is 2. The van der Waals surface area contributed by atoms with Crippen LogP contribution in [0.2, 0.25) is 10.0 Å². The predicted molar refractivity (Wildman–Crippen MR) is 77.8 cm³/mol. The van der Waals surface area contributed by atoms with Gasteiger partial charge in [-0.2, -0.15) is 4.73 Å². The van der Waals surface area contributed by atoms with Crippen molar-refractivity contribution in [3.8, 4) is 0 Å². The van der Waals surface area contributed by atoms with Crippen LogP contribution in [0.1, 0.15) is 11.3 Å². The Labute approximate surface area is 127 Å². The second kappa shape index (κ2) is 5.60. The Bertz CT molecular complexity index is 760. The van der Waals surface area contributed by atoms with Gasteiger partial charge in [-0.15, -0.1) is 0 Å². The largest absolute Gasteiger partial charge is 0.618 e. The molecule has 1 aromatic carbocycles. The number of hydrogen-bond acceptors (Lipinski definition) is 3. The maximum absolute atomic E-state index is 11.9. The van der Waals surface area contributed by atoms with Gasteiger partial charge in [-0.05, 0) is 23.8 Å². The third kappa shape index (κ3) is 3.23. The first-order valence-corrected chi connectivity index (χ1v) is 8.29. The highest BCUT2D eigenvalue weighted by Crippen LogP contribution is 2.24. The highest BCUT2D eigenvalue weighted by molar-refractivity contribution is 7.90. The van der Waals surface area contributed by atoms with Crippen molar-refractivity contribution < 1.29 is 13.1 Å². The zero-order valence-electron chi connectivity index (χ0n) is 10.5. The van der Waals surface area contributed by atoms with Crippen LogP contribution >= 0.6 is 23.2 Å².